The molecule has 0 unspecified atom stereocenters. The molecule has 0 aliphatic carbocycles. The zero-order valence-corrected chi connectivity index (χ0v) is 9.54. The maximum Gasteiger partial charge on any atom is 0.233 e. The van der Waals surface area contributed by atoms with Crippen LogP contribution in [0.5, 0.6) is 5.88 Å². The number of methoxy groups -OCH3 is 1. The van der Waals surface area contributed by atoms with Crippen LogP contribution in [0.1, 0.15) is 0 Å². The molecule has 2 aromatic rings. The van der Waals surface area contributed by atoms with Gasteiger partial charge in [0.05, 0.1) is 7.11 Å². The van der Waals surface area contributed by atoms with Crippen LogP contribution in [0.25, 0.3) is 11.5 Å². The van der Waals surface area contributed by atoms with Gasteiger partial charge in [0, 0.05) is 6.07 Å². The molecule has 0 radical (unpaired) electrons. The smallest absolute Gasteiger partial charge is 0.233 e. The second-order valence-corrected chi connectivity index (χ2v) is 4.36. The normalized spacial score (nSPS) is 10.1. The minimum atomic E-state index is 0.475. The molecule has 0 atom stereocenters. The zero-order chi connectivity index (χ0) is 9.97. The van der Waals surface area contributed by atoms with Gasteiger partial charge in [0.1, 0.15) is 5.69 Å². The van der Waals surface area contributed by atoms with E-state index < -0.39 is 0 Å². The number of nitrogens with zero attached hydrogens (tertiary/aromatic N) is 4. The lowest BCUT2D eigenvalue weighted by Gasteiger charge is -1.96. The summed E-state index contributed by atoms with van der Waals surface area (Å²) in [7, 11) is 1.54. The van der Waals surface area contributed by atoms with Crippen LogP contribution in [0, 0.1) is 0 Å². The van der Waals surface area contributed by atoms with Crippen LogP contribution in [-0.2, 0) is 0 Å². The van der Waals surface area contributed by atoms with Gasteiger partial charge in [-0.1, -0.05) is 0 Å². The average Bonchev–Trinajstić information content (AvgIpc) is 2.65. The zero-order valence-electron chi connectivity index (χ0n) is 7.14. The summed E-state index contributed by atoms with van der Waals surface area (Å²) in [4.78, 5) is 4.12. The second kappa shape index (κ2) is 3.97. The Labute approximate surface area is 92.5 Å². The molecular formula is C7H5BrN4OS. The molecule has 0 spiro atoms. The standard InChI is InChI=1S/C7H5BrN4OS/c1-13-5-3-2-4(10-11-5)6-9-7(8)14-12-6/h2-3H,1H3. The molecule has 14 heavy (non-hydrogen) atoms. The molecule has 0 bridgehead atoms. The first-order valence-electron chi connectivity index (χ1n) is 3.67. The van der Waals surface area contributed by atoms with E-state index in [9.17, 15) is 0 Å². The first-order chi connectivity index (χ1) is 6.79. The Hall–Kier alpha value is -1.08. The summed E-state index contributed by atoms with van der Waals surface area (Å²) >= 11 is 4.50. The van der Waals surface area contributed by atoms with E-state index in [1.165, 1.54) is 11.5 Å². The van der Waals surface area contributed by atoms with E-state index in [1.807, 2.05) is 0 Å². The van der Waals surface area contributed by atoms with Crippen LogP contribution in [0.2, 0.25) is 0 Å². The first-order valence-corrected chi connectivity index (χ1v) is 5.23. The van der Waals surface area contributed by atoms with Crippen molar-refractivity contribution in [3.05, 3.63) is 16.0 Å². The average molecular weight is 273 g/mol. The topological polar surface area (TPSA) is 60.8 Å². The molecule has 0 fully saturated rings. The molecule has 0 aromatic carbocycles. The van der Waals surface area contributed by atoms with E-state index in [-0.39, 0.29) is 0 Å². The highest BCUT2D eigenvalue weighted by molar-refractivity contribution is 9.11. The van der Waals surface area contributed by atoms with Crippen LogP contribution in [0.4, 0.5) is 0 Å². The minimum Gasteiger partial charge on any atom is -0.480 e. The Morgan fingerprint density at radius 2 is 2.21 bits per heavy atom. The van der Waals surface area contributed by atoms with E-state index in [0.29, 0.717) is 17.4 Å². The van der Waals surface area contributed by atoms with Crippen molar-refractivity contribution in [3.8, 4) is 17.4 Å². The SMILES string of the molecule is COc1ccc(-c2nsc(Br)n2)nn1. The van der Waals surface area contributed by atoms with Gasteiger partial charge in [-0.15, -0.1) is 10.2 Å². The highest BCUT2D eigenvalue weighted by atomic mass is 79.9. The molecule has 7 heteroatoms. The van der Waals surface area contributed by atoms with E-state index in [2.05, 4.69) is 35.5 Å². The number of ether oxygens (including phenoxy) is 1. The third-order valence-electron chi connectivity index (χ3n) is 1.48. The van der Waals surface area contributed by atoms with Crippen molar-refractivity contribution in [2.75, 3.05) is 7.11 Å². The van der Waals surface area contributed by atoms with Crippen LogP contribution in [-0.4, -0.2) is 26.7 Å². The molecule has 2 rings (SSSR count). The Morgan fingerprint density at radius 1 is 1.36 bits per heavy atom. The second-order valence-electron chi connectivity index (χ2n) is 2.33. The molecule has 0 amide bonds. The van der Waals surface area contributed by atoms with Gasteiger partial charge in [-0.3, -0.25) is 0 Å². The predicted octanol–water partition coefficient (Wildman–Crippen LogP) is 1.77. The third-order valence-corrected chi connectivity index (χ3v) is 2.60. The van der Waals surface area contributed by atoms with Crippen molar-refractivity contribution >= 4 is 27.5 Å². The Kier molecular flexibility index (Phi) is 2.69. The van der Waals surface area contributed by atoms with Gasteiger partial charge < -0.3 is 4.74 Å². The van der Waals surface area contributed by atoms with Gasteiger partial charge in [-0.2, -0.15) is 4.37 Å². The Bertz CT molecular complexity index is 430. The van der Waals surface area contributed by atoms with Crippen LogP contribution in [0.3, 0.4) is 0 Å². The fourth-order valence-corrected chi connectivity index (χ4v) is 1.67. The molecule has 2 aromatic heterocycles. The van der Waals surface area contributed by atoms with Crippen LogP contribution >= 0.6 is 27.5 Å². The monoisotopic (exact) mass is 272 g/mol. The maximum atomic E-state index is 4.89. The molecule has 0 aliphatic rings. The lowest BCUT2D eigenvalue weighted by Crippen LogP contribution is -1.92. The number of rotatable bonds is 2. The largest absolute Gasteiger partial charge is 0.480 e. The summed E-state index contributed by atoms with van der Waals surface area (Å²) in [6.07, 6.45) is 0. The van der Waals surface area contributed by atoms with E-state index in [1.54, 1.807) is 19.2 Å². The number of aromatic nitrogens is 4. The van der Waals surface area contributed by atoms with Gasteiger partial charge in [-0.05, 0) is 33.5 Å². The summed E-state index contributed by atoms with van der Waals surface area (Å²) < 4.78 is 9.70. The summed E-state index contributed by atoms with van der Waals surface area (Å²) in [5, 5.41) is 7.74. The van der Waals surface area contributed by atoms with Crippen molar-refractivity contribution in [2.45, 2.75) is 0 Å². The summed E-state index contributed by atoms with van der Waals surface area (Å²) in [6.45, 7) is 0. The molecule has 0 saturated heterocycles. The van der Waals surface area contributed by atoms with E-state index in [4.69, 9.17) is 4.74 Å². The molecule has 2 heterocycles. The van der Waals surface area contributed by atoms with Crippen molar-refractivity contribution in [1.29, 1.82) is 0 Å². The number of hydrogen-bond donors (Lipinski definition) is 0. The number of halogens is 1. The van der Waals surface area contributed by atoms with Crippen molar-refractivity contribution in [2.24, 2.45) is 0 Å². The summed E-state index contributed by atoms with van der Waals surface area (Å²) in [5.41, 5.74) is 0.632. The molecule has 0 aliphatic heterocycles. The van der Waals surface area contributed by atoms with Gasteiger partial charge in [-0.25, -0.2) is 4.98 Å². The first kappa shape index (κ1) is 9.47. The quantitative estimate of drug-likeness (QED) is 0.834. The Morgan fingerprint density at radius 3 is 2.71 bits per heavy atom. The number of hydrogen-bond acceptors (Lipinski definition) is 6. The summed E-state index contributed by atoms with van der Waals surface area (Å²) in [6, 6.07) is 3.48. The van der Waals surface area contributed by atoms with Crippen molar-refractivity contribution in [1.82, 2.24) is 19.6 Å². The third kappa shape index (κ3) is 1.88. The predicted molar refractivity (Wildman–Crippen MR) is 55.2 cm³/mol. The lowest BCUT2D eigenvalue weighted by molar-refractivity contribution is 0.392. The van der Waals surface area contributed by atoms with Gasteiger partial charge in [0.2, 0.25) is 5.88 Å². The molecule has 0 saturated carbocycles. The lowest BCUT2D eigenvalue weighted by atomic mass is 10.4. The highest BCUT2D eigenvalue weighted by Crippen LogP contribution is 2.19. The highest BCUT2D eigenvalue weighted by Gasteiger charge is 2.06. The van der Waals surface area contributed by atoms with Gasteiger partial charge in [0.15, 0.2) is 9.74 Å². The fraction of sp³-hybridized carbons (Fsp3) is 0.143. The van der Waals surface area contributed by atoms with Gasteiger partial charge >= 0.3 is 0 Å². The fourth-order valence-electron chi connectivity index (χ4n) is 0.857. The molecule has 0 N–H and O–H groups in total. The maximum absolute atomic E-state index is 4.89. The van der Waals surface area contributed by atoms with Crippen molar-refractivity contribution < 1.29 is 4.74 Å². The molecular weight excluding hydrogens is 268 g/mol. The summed E-state index contributed by atoms with van der Waals surface area (Å²) in [5.74, 6) is 1.04. The minimum absolute atomic E-state index is 0.475. The molecule has 72 valence electrons. The van der Waals surface area contributed by atoms with E-state index in [0.717, 1.165) is 3.92 Å². The molecule has 5 nitrogen and oxygen atoms in total. The van der Waals surface area contributed by atoms with E-state index >= 15 is 0 Å². The van der Waals surface area contributed by atoms with Crippen molar-refractivity contribution in [3.63, 3.8) is 0 Å². The Balaban J connectivity index is 2.33. The van der Waals surface area contributed by atoms with Crippen LogP contribution < -0.4 is 4.74 Å². The van der Waals surface area contributed by atoms with Crippen LogP contribution in [0.15, 0.2) is 16.0 Å². The van der Waals surface area contributed by atoms with Gasteiger partial charge in [0.25, 0.3) is 0 Å².